The average molecular weight is 244 g/mol. The third kappa shape index (κ3) is 3.56. The summed E-state index contributed by atoms with van der Waals surface area (Å²) in [5, 5.41) is 8.71. The number of nitrogens with zero attached hydrogens (tertiary/aromatic N) is 1. The molecule has 0 unspecified atom stereocenters. The highest BCUT2D eigenvalue weighted by Crippen LogP contribution is 2.26. The van der Waals surface area contributed by atoms with Crippen molar-refractivity contribution < 1.29 is 4.74 Å². The first-order valence-electron chi connectivity index (χ1n) is 6.58. The second-order valence-corrected chi connectivity index (χ2v) is 5.22. The smallest absolute Gasteiger partial charge is 0.0991 e. The van der Waals surface area contributed by atoms with E-state index in [1.807, 2.05) is 24.3 Å². The van der Waals surface area contributed by atoms with Gasteiger partial charge in [0.1, 0.15) is 0 Å². The molecular weight excluding hydrogens is 224 g/mol. The molecule has 0 heterocycles. The minimum atomic E-state index is -0.120. The molecule has 0 aromatic heterocycles. The molecule has 0 aliphatic heterocycles. The first-order valence-corrected chi connectivity index (χ1v) is 6.58. The minimum Gasteiger partial charge on any atom is -0.375 e. The van der Waals surface area contributed by atoms with Crippen molar-refractivity contribution in [2.75, 3.05) is 6.61 Å². The van der Waals surface area contributed by atoms with Crippen molar-refractivity contribution in [3.63, 3.8) is 0 Å². The Kier molecular flexibility index (Phi) is 4.35. The fourth-order valence-corrected chi connectivity index (χ4v) is 2.45. The van der Waals surface area contributed by atoms with E-state index in [1.54, 1.807) is 0 Å². The van der Waals surface area contributed by atoms with Gasteiger partial charge in [-0.2, -0.15) is 5.26 Å². The zero-order valence-corrected chi connectivity index (χ0v) is 10.7. The van der Waals surface area contributed by atoms with Gasteiger partial charge >= 0.3 is 0 Å². The molecule has 96 valence electrons. The number of benzene rings is 1. The van der Waals surface area contributed by atoms with Crippen LogP contribution in [0.25, 0.3) is 0 Å². The van der Waals surface area contributed by atoms with Gasteiger partial charge in [0.05, 0.1) is 24.8 Å². The maximum atomic E-state index is 8.71. The SMILES string of the molecule is N#Cc1ccc(COCC2(N)CCCCC2)cc1. The van der Waals surface area contributed by atoms with Gasteiger partial charge in [0.2, 0.25) is 0 Å². The molecule has 1 aliphatic rings. The molecule has 2 N–H and O–H groups in total. The summed E-state index contributed by atoms with van der Waals surface area (Å²) >= 11 is 0. The highest BCUT2D eigenvalue weighted by Gasteiger charge is 2.27. The standard InChI is InChI=1S/C15H20N2O/c16-10-13-4-6-14(7-5-13)11-18-12-15(17)8-2-1-3-9-15/h4-7H,1-3,8-9,11-12,17H2. The van der Waals surface area contributed by atoms with Crippen LogP contribution in [0.2, 0.25) is 0 Å². The lowest BCUT2D eigenvalue weighted by atomic mass is 9.83. The number of ether oxygens (including phenoxy) is 1. The first-order chi connectivity index (χ1) is 8.72. The molecule has 0 saturated heterocycles. The van der Waals surface area contributed by atoms with Gasteiger partial charge in [-0.15, -0.1) is 0 Å². The van der Waals surface area contributed by atoms with Crippen LogP contribution >= 0.6 is 0 Å². The summed E-state index contributed by atoms with van der Waals surface area (Å²) in [6, 6.07) is 9.61. The van der Waals surface area contributed by atoms with E-state index < -0.39 is 0 Å². The zero-order chi connectivity index (χ0) is 12.8. The molecule has 0 bridgehead atoms. The van der Waals surface area contributed by atoms with Crippen molar-refractivity contribution in [3.05, 3.63) is 35.4 Å². The van der Waals surface area contributed by atoms with E-state index in [1.165, 1.54) is 19.3 Å². The molecule has 1 aromatic rings. The average Bonchev–Trinajstić information content (AvgIpc) is 2.40. The van der Waals surface area contributed by atoms with E-state index in [9.17, 15) is 0 Å². The van der Waals surface area contributed by atoms with Gasteiger partial charge in [0.25, 0.3) is 0 Å². The largest absolute Gasteiger partial charge is 0.375 e. The molecule has 0 atom stereocenters. The summed E-state index contributed by atoms with van der Waals surface area (Å²) in [7, 11) is 0. The predicted octanol–water partition coefficient (Wildman–Crippen LogP) is 2.74. The van der Waals surface area contributed by atoms with Crippen LogP contribution in [0.15, 0.2) is 24.3 Å². The Morgan fingerprint density at radius 3 is 2.44 bits per heavy atom. The fourth-order valence-electron chi connectivity index (χ4n) is 2.45. The summed E-state index contributed by atoms with van der Waals surface area (Å²) in [5.74, 6) is 0. The molecule has 1 fully saturated rings. The zero-order valence-electron chi connectivity index (χ0n) is 10.7. The molecule has 1 aromatic carbocycles. The minimum absolute atomic E-state index is 0.120. The van der Waals surface area contributed by atoms with Crippen molar-refractivity contribution in [2.24, 2.45) is 5.73 Å². The van der Waals surface area contributed by atoms with Crippen molar-refractivity contribution in [1.29, 1.82) is 5.26 Å². The van der Waals surface area contributed by atoms with Gasteiger partial charge in [0.15, 0.2) is 0 Å². The lowest BCUT2D eigenvalue weighted by molar-refractivity contribution is 0.0575. The van der Waals surface area contributed by atoms with E-state index in [2.05, 4.69) is 6.07 Å². The van der Waals surface area contributed by atoms with Gasteiger partial charge in [-0.3, -0.25) is 0 Å². The van der Waals surface area contributed by atoms with Gasteiger partial charge in [-0.25, -0.2) is 0 Å². The third-order valence-corrected chi connectivity index (χ3v) is 3.59. The van der Waals surface area contributed by atoms with Crippen LogP contribution in [-0.4, -0.2) is 12.1 Å². The Morgan fingerprint density at radius 2 is 1.83 bits per heavy atom. The third-order valence-electron chi connectivity index (χ3n) is 3.59. The van der Waals surface area contributed by atoms with Crippen LogP contribution in [0, 0.1) is 11.3 Å². The normalized spacial score (nSPS) is 18.2. The van der Waals surface area contributed by atoms with Gasteiger partial charge in [-0.05, 0) is 30.5 Å². The lowest BCUT2D eigenvalue weighted by Crippen LogP contribution is -2.46. The number of rotatable bonds is 4. The summed E-state index contributed by atoms with van der Waals surface area (Å²) < 4.78 is 5.73. The Balaban J connectivity index is 1.79. The Morgan fingerprint density at radius 1 is 1.17 bits per heavy atom. The monoisotopic (exact) mass is 244 g/mol. The van der Waals surface area contributed by atoms with Crippen molar-refractivity contribution in [2.45, 2.75) is 44.2 Å². The van der Waals surface area contributed by atoms with Gasteiger partial charge in [-0.1, -0.05) is 31.4 Å². The second-order valence-electron chi connectivity index (χ2n) is 5.22. The van der Waals surface area contributed by atoms with Crippen LogP contribution in [0.5, 0.6) is 0 Å². The van der Waals surface area contributed by atoms with Crippen molar-refractivity contribution in [1.82, 2.24) is 0 Å². The van der Waals surface area contributed by atoms with E-state index >= 15 is 0 Å². The summed E-state index contributed by atoms with van der Waals surface area (Å²) in [5.41, 5.74) is 7.95. The molecule has 3 nitrogen and oxygen atoms in total. The summed E-state index contributed by atoms with van der Waals surface area (Å²) in [4.78, 5) is 0. The maximum absolute atomic E-state index is 8.71. The Bertz CT molecular complexity index is 413. The van der Waals surface area contributed by atoms with E-state index in [0.717, 1.165) is 18.4 Å². The van der Waals surface area contributed by atoms with Gasteiger partial charge < -0.3 is 10.5 Å². The molecule has 0 radical (unpaired) electrons. The molecule has 2 rings (SSSR count). The van der Waals surface area contributed by atoms with Gasteiger partial charge in [0, 0.05) is 5.54 Å². The molecule has 0 amide bonds. The summed E-state index contributed by atoms with van der Waals surface area (Å²) in [6.45, 7) is 1.21. The van der Waals surface area contributed by atoms with Crippen molar-refractivity contribution in [3.8, 4) is 6.07 Å². The number of nitriles is 1. The highest BCUT2D eigenvalue weighted by molar-refractivity contribution is 5.31. The molecule has 1 saturated carbocycles. The molecule has 18 heavy (non-hydrogen) atoms. The quantitative estimate of drug-likeness (QED) is 0.886. The molecule has 3 heteroatoms. The van der Waals surface area contributed by atoms with E-state index in [4.69, 9.17) is 15.7 Å². The van der Waals surface area contributed by atoms with E-state index in [-0.39, 0.29) is 5.54 Å². The summed E-state index contributed by atoms with van der Waals surface area (Å²) in [6.07, 6.45) is 5.88. The Hall–Kier alpha value is -1.37. The van der Waals surface area contributed by atoms with Crippen LogP contribution in [0.1, 0.15) is 43.2 Å². The highest BCUT2D eigenvalue weighted by atomic mass is 16.5. The topological polar surface area (TPSA) is 59.0 Å². The number of hydrogen-bond donors (Lipinski definition) is 1. The number of hydrogen-bond acceptors (Lipinski definition) is 3. The lowest BCUT2D eigenvalue weighted by Gasteiger charge is -2.33. The van der Waals surface area contributed by atoms with Crippen LogP contribution in [0.3, 0.4) is 0 Å². The Labute approximate surface area is 109 Å². The first kappa shape index (κ1) is 13.1. The molecule has 0 spiro atoms. The fraction of sp³-hybridized carbons (Fsp3) is 0.533. The van der Waals surface area contributed by atoms with Crippen LogP contribution in [-0.2, 0) is 11.3 Å². The van der Waals surface area contributed by atoms with Crippen molar-refractivity contribution >= 4 is 0 Å². The molecular formula is C15H20N2O. The van der Waals surface area contributed by atoms with Crippen LogP contribution < -0.4 is 5.73 Å². The molecule has 1 aliphatic carbocycles. The van der Waals surface area contributed by atoms with Crippen LogP contribution in [0.4, 0.5) is 0 Å². The number of nitrogens with two attached hydrogens (primary N) is 1. The predicted molar refractivity (Wildman–Crippen MR) is 70.8 cm³/mol. The van der Waals surface area contributed by atoms with E-state index in [0.29, 0.717) is 18.8 Å². The second kappa shape index (κ2) is 5.99. The maximum Gasteiger partial charge on any atom is 0.0991 e.